The molecular weight excluding hydrogens is 318 g/mol. The van der Waals surface area contributed by atoms with Gasteiger partial charge >= 0.3 is 0 Å². The fourth-order valence-corrected chi connectivity index (χ4v) is 3.85. The van der Waals surface area contributed by atoms with Crippen LogP contribution < -0.4 is 0 Å². The molecule has 0 unspecified atom stereocenters. The van der Waals surface area contributed by atoms with Crippen molar-refractivity contribution in [2.24, 2.45) is 0 Å². The molecule has 0 saturated carbocycles. The predicted octanol–water partition coefficient (Wildman–Crippen LogP) is 2.25. The van der Waals surface area contributed by atoms with E-state index in [0.717, 1.165) is 17.3 Å². The zero-order chi connectivity index (χ0) is 13.2. The van der Waals surface area contributed by atoms with E-state index in [1.54, 1.807) is 31.4 Å². The number of halogens is 1. The van der Waals surface area contributed by atoms with Gasteiger partial charge in [0.2, 0.25) is 10.0 Å². The van der Waals surface area contributed by atoms with Gasteiger partial charge in [0, 0.05) is 24.7 Å². The lowest BCUT2D eigenvalue weighted by Gasteiger charge is -2.31. The molecule has 1 aromatic carbocycles. The average Bonchev–Trinajstić information content (AvgIpc) is 2.39. The van der Waals surface area contributed by atoms with Crippen LogP contribution in [-0.4, -0.2) is 39.0 Å². The Morgan fingerprint density at radius 2 is 2.00 bits per heavy atom. The van der Waals surface area contributed by atoms with Gasteiger partial charge in [-0.05, 0) is 37.1 Å². The van der Waals surface area contributed by atoms with E-state index in [1.165, 1.54) is 4.31 Å². The molecule has 2 rings (SSSR count). The second-order valence-corrected chi connectivity index (χ2v) is 7.17. The molecule has 0 spiro atoms. The maximum Gasteiger partial charge on any atom is 0.243 e. The highest BCUT2D eigenvalue weighted by Crippen LogP contribution is 2.23. The molecule has 0 amide bonds. The van der Waals surface area contributed by atoms with Crippen LogP contribution in [0.4, 0.5) is 0 Å². The van der Waals surface area contributed by atoms with Gasteiger partial charge in [0.15, 0.2) is 0 Å². The van der Waals surface area contributed by atoms with Gasteiger partial charge < -0.3 is 4.74 Å². The van der Waals surface area contributed by atoms with Crippen molar-refractivity contribution in [2.75, 3.05) is 20.2 Å². The Hall–Kier alpha value is -0.430. The third kappa shape index (κ3) is 2.93. The summed E-state index contributed by atoms with van der Waals surface area (Å²) in [6.45, 7) is 1.01. The van der Waals surface area contributed by atoms with Crippen LogP contribution in [0, 0.1) is 0 Å². The van der Waals surface area contributed by atoms with Crippen molar-refractivity contribution in [2.45, 2.75) is 23.8 Å². The molecule has 4 nitrogen and oxygen atoms in total. The minimum atomic E-state index is -3.39. The van der Waals surface area contributed by atoms with Crippen LogP contribution in [0.2, 0.25) is 0 Å². The lowest BCUT2D eigenvalue weighted by Crippen LogP contribution is -2.42. The van der Waals surface area contributed by atoms with E-state index in [9.17, 15) is 8.42 Å². The second-order valence-electron chi connectivity index (χ2n) is 4.32. The SMILES string of the molecule is CO[C@H]1CCCN(S(=O)(=O)c2ccc(Br)cc2)C1. The van der Waals surface area contributed by atoms with Crippen LogP contribution in [-0.2, 0) is 14.8 Å². The van der Waals surface area contributed by atoms with Gasteiger partial charge in [0.25, 0.3) is 0 Å². The maximum absolute atomic E-state index is 12.4. The molecule has 0 aliphatic carbocycles. The zero-order valence-corrected chi connectivity index (χ0v) is 12.6. The Morgan fingerprint density at radius 3 is 2.61 bits per heavy atom. The van der Waals surface area contributed by atoms with E-state index in [1.807, 2.05) is 0 Å². The number of ether oxygens (including phenoxy) is 1. The van der Waals surface area contributed by atoms with Gasteiger partial charge in [-0.3, -0.25) is 0 Å². The monoisotopic (exact) mass is 333 g/mol. The summed E-state index contributed by atoms with van der Waals surface area (Å²) in [5, 5.41) is 0. The Morgan fingerprint density at radius 1 is 1.33 bits per heavy atom. The highest BCUT2D eigenvalue weighted by atomic mass is 79.9. The van der Waals surface area contributed by atoms with Gasteiger partial charge in [-0.25, -0.2) is 8.42 Å². The lowest BCUT2D eigenvalue weighted by atomic mass is 10.1. The largest absolute Gasteiger partial charge is 0.380 e. The summed E-state index contributed by atoms with van der Waals surface area (Å²) in [6.07, 6.45) is 1.76. The van der Waals surface area contributed by atoms with E-state index in [4.69, 9.17) is 4.74 Å². The highest BCUT2D eigenvalue weighted by Gasteiger charge is 2.30. The first-order valence-electron chi connectivity index (χ1n) is 5.82. The van der Waals surface area contributed by atoms with Crippen molar-refractivity contribution in [1.82, 2.24) is 4.31 Å². The van der Waals surface area contributed by atoms with Gasteiger partial charge in [-0.1, -0.05) is 15.9 Å². The van der Waals surface area contributed by atoms with Crippen LogP contribution in [0.15, 0.2) is 33.6 Å². The van der Waals surface area contributed by atoms with Gasteiger partial charge in [-0.15, -0.1) is 0 Å². The number of hydrogen-bond donors (Lipinski definition) is 0. The molecule has 0 aromatic heterocycles. The number of benzene rings is 1. The van der Waals surface area contributed by atoms with Gasteiger partial charge in [0.05, 0.1) is 11.0 Å². The topological polar surface area (TPSA) is 46.6 Å². The molecule has 1 aliphatic heterocycles. The van der Waals surface area contributed by atoms with Crippen molar-refractivity contribution in [3.63, 3.8) is 0 Å². The van der Waals surface area contributed by atoms with E-state index >= 15 is 0 Å². The molecular formula is C12H16BrNO3S. The molecule has 100 valence electrons. The molecule has 1 saturated heterocycles. The van der Waals surface area contributed by atoms with Crippen LogP contribution >= 0.6 is 15.9 Å². The van der Waals surface area contributed by atoms with Crippen molar-refractivity contribution >= 4 is 26.0 Å². The first kappa shape index (κ1) is 14.0. The highest BCUT2D eigenvalue weighted by molar-refractivity contribution is 9.10. The first-order chi connectivity index (χ1) is 8.54. The third-order valence-electron chi connectivity index (χ3n) is 3.13. The lowest BCUT2D eigenvalue weighted by molar-refractivity contribution is 0.0572. The number of rotatable bonds is 3. The average molecular weight is 334 g/mol. The summed E-state index contributed by atoms with van der Waals surface area (Å²) in [5.41, 5.74) is 0. The first-order valence-corrected chi connectivity index (χ1v) is 8.06. The van der Waals surface area contributed by atoms with Crippen LogP contribution in [0.1, 0.15) is 12.8 Å². The minimum Gasteiger partial charge on any atom is -0.380 e. The number of piperidine rings is 1. The zero-order valence-electron chi connectivity index (χ0n) is 10.2. The summed E-state index contributed by atoms with van der Waals surface area (Å²) < 4.78 is 32.5. The molecule has 1 atom stereocenters. The minimum absolute atomic E-state index is 0.00368. The number of methoxy groups -OCH3 is 1. The van der Waals surface area contributed by atoms with Gasteiger partial charge in [0.1, 0.15) is 0 Å². The van der Waals surface area contributed by atoms with E-state index in [2.05, 4.69) is 15.9 Å². The third-order valence-corrected chi connectivity index (χ3v) is 5.53. The molecule has 0 bridgehead atoms. The Balaban J connectivity index is 2.22. The van der Waals surface area contributed by atoms with E-state index in [0.29, 0.717) is 18.0 Å². The number of sulfonamides is 1. The molecule has 1 fully saturated rings. The molecule has 0 N–H and O–H groups in total. The van der Waals surface area contributed by atoms with E-state index < -0.39 is 10.0 Å². The maximum atomic E-state index is 12.4. The standard InChI is InChI=1S/C12H16BrNO3S/c1-17-11-3-2-8-14(9-11)18(15,16)12-6-4-10(13)5-7-12/h4-7,11H,2-3,8-9H2,1H3/t11-/m0/s1. The summed E-state index contributed by atoms with van der Waals surface area (Å²) in [6, 6.07) is 6.72. The molecule has 18 heavy (non-hydrogen) atoms. The van der Waals surface area contributed by atoms with Gasteiger partial charge in [-0.2, -0.15) is 4.31 Å². The number of nitrogens with zero attached hydrogens (tertiary/aromatic N) is 1. The van der Waals surface area contributed by atoms with E-state index in [-0.39, 0.29) is 6.10 Å². The van der Waals surface area contributed by atoms with Crippen LogP contribution in [0.25, 0.3) is 0 Å². The molecule has 1 aliphatic rings. The second kappa shape index (κ2) is 5.69. The van der Waals surface area contributed by atoms with Crippen molar-refractivity contribution in [3.05, 3.63) is 28.7 Å². The molecule has 1 aromatic rings. The predicted molar refractivity (Wildman–Crippen MR) is 72.9 cm³/mol. The van der Waals surface area contributed by atoms with Crippen LogP contribution in [0.5, 0.6) is 0 Å². The fourth-order valence-electron chi connectivity index (χ4n) is 2.07. The normalized spacial score (nSPS) is 22.0. The number of hydrogen-bond acceptors (Lipinski definition) is 3. The van der Waals surface area contributed by atoms with Crippen molar-refractivity contribution in [1.29, 1.82) is 0 Å². The smallest absolute Gasteiger partial charge is 0.243 e. The van der Waals surface area contributed by atoms with Crippen molar-refractivity contribution < 1.29 is 13.2 Å². The van der Waals surface area contributed by atoms with Crippen LogP contribution in [0.3, 0.4) is 0 Å². The Kier molecular flexibility index (Phi) is 4.42. The Bertz CT molecular complexity index is 501. The molecule has 0 radical (unpaired) electrons. The summed E-state index contributed by atoms with van der Waals surface area (Å²) in [7, 11) is -1.76. The Labute approximate surface area is 116 Å². The molecule has 1 heterocycles. The summed E-state index contributed by atoms with van der Waals surface area (Å²) >= 11 is 3.30. The quantitative estimate of drug-likeness (QED) is 0.852. The van der Waals surface area contributed by atoms with Crippen molar-refractivity contribution in [3.8, 4) is 0 Å². The summed E-state index contributed by atoms with van der Waals surface area (Å²) in [4.78, 5) is 0.336. The molecule has 6 heteroatoms. The summed E-state index contributed by atoms with van der Waals surface area (Å²) in [5.74, 6) is 0. The fraction of sp³-hybridized carbons (Fsp3) is 0.500.